The molecule has 0 aliphatic carbocycles. The van der Waals surface area contributed by atoms with Gasteiger partial charge in [-0.15, -0.1) is 0 Å². The van der Waals surface area contributed by atoms with E-state index in [1.54, 1.807) is 18.6 Å². The third kappa shape index (κ3) is 5.12. The first kappa shape index (κ1) is 15.9. The minimum atomic E-state index is -0.242. The highest BCUT2D eigenvalue weighted by Crippen LogP contribution is 2.03. The zero-order valence-electron chi connectivity index (χ0n) is 12.7. The second kappa shape index (κ2) is 8.71. The Morgan fingerprint density at radius 1 is 1.18 bits per heavy atom. The molecule has 0 saturated heterocycles. The highest BCUT2D eigenvalue weighted by Gasteiger charge is 2.07. The number of carbonyl (C=O) groups is 1. The molecule has 0 fully saturated rings. The molecule has 2 rings (SSSR count). The minimum Gasteiger partial charge on any atom is -0.369 e. The van der Waals surface area contributed by atoms with Gasteiger partial charge in [-0.1, -0.05) is 25.8 Å². The summed E-state index contributed by atoms with van der Waals surface area (Å²) in [6, 6.07) is 3.74. The molecule has 0 radical (unpaired) electrons. The molecule has 0 spiro atoms. The van der Waals surface area contributed by atoms with Crippen LogP contribution in [0, 0.1) is 0 Å². The van der Waals surface area contributed by atoms with Crippen LogP contribution in [-0.2, 0) is 6.54 Å². The van der Waals surface area contributed by atoms with Gasteiger partial charge in [-0.3, -0.25) is 9.78 Å². The van der Waals surface area contributed by atoms with Crippen LogP contribution in [0.2, 0.25) is 0 Å². The Kier molecular flexibility index (Phi) is 6.29. The van der Waals surface area contributed by atoms with Gasteiger partial charge in [-0.25, -0.2) is 9.97 Å². The summed E-state index contributed by atoms with van der Waals surface area (Å²) < 4.78 is 0. The van der Waals surface area contributed by atoms with E-state index in [4.69, 9.17) is 0 Å². The third-order valence-corrected chi connectivity index (χ3v) is 3.15. The van der Waals surface area contributed by atoms with Crippen LogP contribution in [-0.4, -0.2) is 27.4 Å². The smallest absolute Gasteiger partial charge is 0.271 e. The standard InChI is InChI=1S/C16H21N5O/c1-2-3-4-8-18-15-12-19-14(11-20-15)16(22)21-10-13-6-5-7-17-9-13/h5-7,9,11-12H,2-4,8,10H2,1H3,(H,18,20)(H,21,22). The molecule has 0 bridgehead atoms. The van der Waals surface area contributed by atoms with E-state index in [9.17, 15) is 4.79 Å². The van der Waals surface area contributed by atoms with Crippen molar-refractivity contribution in [3.05, 3.63) is 48.2 Å². The van der Waals surface area contributed by atoms with Crippen LogP contribution in [0.5, 0.6) is 0 Å². The predicted octanol–water partition coefficient (Wildman–Crippen LogP) is 2.40. The maximum Gasteiger partial charge on any atom is 0.271 e. The summed E-state index contributed by atoms with van der Waals surface area (Å²) in [6.07, 6.45) is 9.97. The Bertz CT molecular complexity index is 571. The van der Waals surface area contributed by atoms with Crippen molar-refractivity contribution in [1.82, 2.24) is 20.3 Å². The van der Waals surface area contributed by atoms with Crippen molar-refractivity contribution in [2.24, 2.45) is 0 Å². The van der Waals surface area contributed by atoms with Crippen LogP contribution < -0.4 is 10.6 Å². The molecule has 2 N–H and O–H groups in total. The van der Waals surface area contributed by atoms with E-state index in [0.29, 0.717) is 18.1 Å². The summed E-state index contributed by atoms with van der Waals surface area (Å²) in [5.74, 6) is 0.453. The summed E-state index contributed by atoms with van der Waals surface area (Å²) in [6.45, 7) is 3.46. The maximum atomic E-state index is 12.0. The van der Waals surface area contributed by atoms with Gasteiger partial charge in [0.2, 0.25) is 0 Å². The molecule has 0 saturated carbocycles. The second-order valence-corrected chi connectivity index (χ2v) is 4.96. The van der Waals surface area contributed by atoms with Crippen LogP contribution in [0.15, 0.2) is 36.9 Å². The molecule has 6 nitrogen and oxygen atoms in total. The number of hydrogen-bond acceptors (Lipinski definition) is 5. The second-order valence-electron chi connectivity index (χ2n) is 4.96. The molecule has 0 atom stereocenters. The van der Waals surface area contributed by atoms with Gasteiger partial charge in [0.25, 0.3) is 5.91 Å². The summed E-state index contributed by atoms with van der Waals surface area (Å²) in [7, 11) is 0. The van der Waals surface area contributed by atoms with Gasteiger partial charge >= 0.3 is 0 Å². The fourth-order valence-electron chi connectivity index (χ4n) is 1.90. The van der Waals surface area contributed by atoms with Crippen molar-refractivity contribution in [3.63, 3.8) is 0 Å². The first-order valence-corrected chi connectivity index (χ1v) is 7.52. The Morgan fingerprint density at radius 2 is 2.09 bits per heavy atom. The largest absolute Gasteiger partial charge is 0.369 e. The maximum absolute atomic E-state index is 12.0. The Labute approximate surface area is 130 Å². The number of nitrogens with zero attached hydrogens (tertiary/aromatic N) is 3. The lowest BCUT2D eigenvalue weighted by Gasteiger charge is -2.06. The van der Waals surface area contributed by atoms with Crippen LogP contribution in [0.25, 0.3) is 0 Å². The monoisotopic (exact) mass is 299 g/mol. The van der Waals surface area contributed by atoms with Gasteiger partial charge in [0.1, 0.15) is 11.5 Å². The number of pyridine rings is 1. The molecule has 2 aromatic rings. The lowest BCUT2D eigenvalue weighted by molar-refractivity contribution is 0.0945. The van der Waals surface area contributed by atoms with Crippen molar-refractivity contribution < 1.29 is 4.79 Å². The topological polar surface area (TPSA) is 79.8 Å². The molecule has 116 valence electrons. The van der Waals surface area contributed by atoms with Crippen LogP contribution in [0.1, 0.15) is 42.2 Å². The first-order valence-electron chi connectivity index (χ1n) is 7.52. The summed E-state index contributed by atoms with van der Waals surface area (Å²) in [5.41, 5.74) is 1.25. The SMILES string of the molecule is CCCCCNc1cnc(C(=O)NCc2cccnc2)cn1. The summed E-state index contributed by atoms with van der Waals surface area (Å²) >= 11 is 0. The zero-order chi connectivity index (χ0) is 15.6. The summed E-state index contributed by atoms with van der Waals surface area (Å²) in [5, 5.41) is 5.98. The third-order valence-electron chi connectivity index (χ3n) is 3.15. The molecule has 0 aliphatic rings. The number of carbonyl (C=O) groups excluding carboxylic acids is 1. The molecule has 0 aliphatic heterocycles. The van der Waals surface area contributed by atoms with Crippen molar-refractivity contribution >= 4 is 11.7 Å². The van der Waals surface area contributed by atoms with E-state index in [0.717, 1.165) is 18.5 Å². The number of aromatic nitrogens is 3. The van der Waals surface area contributed by atoms with Crippen LogP contribution in [0.4, 0.5) is 5.82 Å². The van der Waals surface area contributed by atoms with Crippen molar-refractivity contribution in [2.45, 2.75) is 32.7 Å². The van der Waals surface area contributed by atoms with Crippen molar-refractivity contribution in [3.8, 4) is 0 Å². The number of rotatable bonds is 8. The zero-order valence-corrected chi connectivity index (χ0v) is 12.7. The van der Waals surface area contributed by atoms with Gasteiger partial charge in [-0.05, 0) is 18.1 Å². The number of nitrogens with one attached hydrogen (secondary N) is 2. The number of unbranched alkanes of at least 4 members (excludes halogenated alkanes) is 2. The van der Waals surface area contributed by atoms with Crippen LogP contribution >= 0.6 is 0 Å². The normalized spacial score (nSPS) is 10.2. The van der Waals surface area contributed by atoms with Crippen molar-refractivity contribution in [1.29, 1.82) is 0 Å². The molecule has 22 heavy (non-hydrogen) atoms. The lowest BCUT2D eigenvalue weighted by atomic mass is 10.2. The quantitative estimate of drug-likeness (QED) is 0.732. The molecule has 0 unspecified atom stereocenters. The average molecular weight is 299 g/mol. The number of anilines is 1. The Balaban J connectivity index is 1.80. The van der Waals surface area contributed by atoms with Gasteiger partial charge < -0.3 is 10.6 Å². The highest BCUT2D eigenvalue weighted by molar-refractivity contribution is 5.91. The van der Waals surface area contributed by atoms with E-state index < -0.39 is 0 Å². The molecule has 6 heteroatoms. The molecule has 1 amide bonds. The average Bonchev–Trinajstić information content (AvgIpc) is 2.58. The van der Waals surface area contributed by atoms with Gasteiger partial charge in [0.15, 0.2) is 0 Å². The summed E-state index contributed by atoms with van der Waals surface area (Å²) in [4.78, 5) is 24.3. The predicted molar refractivity (Wildman–Crippen MR) is 85.5 cm³/mol. The highest BCUT2D eigenvalue weighted by atomic mass is 16.1. The molecular formula is C16H21N5O. The molecular weight excluding hydrogens is 278 g/mol. The van der Waals surface area contributed by atoms with Crippen molar-refractivity contribution in [2.75, 3.05) is 11.9 Å². The first-order chi connectivity index (χ1) is 10.8. The lowest BCUT2D eigenvalue weighted by Crippen LogP contribution is -2.24. The Hall–Kier alpha value is -2.50. The van der Waals surface area contributed by atoms with Crippen LogP contribution in [0.3, 0.4) is 0 Å². The van der Waals surface area contributed by atoms with E-state index in [-0.39, 0.29) is 5.91 Å². The van der Waals surface area contributed by atoms with E-state index in [1.807, 2.05) is 12.1 Å². The van der Waals surface area contributed by atoms with E-state index in [1.165, 1.54) is 19.0 Å². The van der Waals surface area contributed by atoms with Gasteiger partial charge in [-0.2, -0.15) is 0 Å². The molecule has 0 aromatic carbocycles. The molecule has 2 aromatic heterocycles. The van der Waals surface area contributed by atoms with E-state index in [2.05, 4.69) is 32.5 Å². The fourth-order valence-corrected chi connectivity index (χ4v) is 1.90. The Morgan fingerprint density at radius 3 is 2.77 bits per heavy atom. The van der Waals surface area contributed by atoms with E-state index >= 15 is 0 Å². The fraction of sp³-hybridized carbons (Fsp3) is 0.375. The number of hydrogen-bond donors (Lipinski definition) is 2. The van der Waals surface area contributed by atoms with Gasteiger partial charge in [0.05, 0.1) is 12.4 Å². The van der Waals surface area contributed by atoms with Gasteiger partial charge in [0, 0.05) is 25.5 Å². The number of amides is 1. The minimum absolute atomic E-state index is 0.242. The molecule has 2 heterocycles.